The number of carbonyl (C=O) groups is 1. The van der Waals surface area contributed by atoms with Gasteiger partial charge in [-0.15, -0.1) is 0 Å². The Kier molecular flexibility index (Phi) is 3.50. The van der Waals surface area contributed by atoms with E-state index in [0.29, 0.717) is 10.7 Å². The van der Waals surface area contributed by atoms with Crippen LogP contribution in [-0.4, -0.2) is 23.2 Å². The number of ether oxygens (including phenoxy) is 1. The highest BCUT2D eigenvalue weighted by atomic mass is 35.5. The molecule has 1 aromatic heterocycles. The molecule has 0 bridgehead atoms. The molecule has 0 saturated heterocycles. The van der Waals surface area contributed by atoms with Crippen molar-refractivity contribution in [1.82, 2.24) is 15.5 Å². The average Bonchev–Trinajstić information content (AvgIpc) is 3.17. The maximum Gasteiger partial charge on any atom is 0.270 e. The number of methoxy groups -OCH3 is 1. The first-order valence-electron chi connectivity index (χ1n) is 7.46. The molecule has 2 heterocycles. The molecule has 1 aliphatic rings. The van der Waals surface area contributed by atoms with Crippen LogP contribution in [0.25, 0.3) is 11.3 Å². The Morgan fingerprint density at radius 3 is 2.71 bits per heavy atom. The van der Waals surface area contributed by atoms with Crippen molar-refractivity contribution in [2.24, 2.45) is 0 Å². The summed E-state index contributed by atoms with van der Waals surface area (Å²) < 4.78 is 5.28. The highest BCUT2D eigenvalue weighted by molar-refractivity contribution is 6.30. The Labute approximate surface area is 143 Å². The van der Waals surface area contributed by atoms with Gasteiger partial charge in [-0.25, -0.2) is 0 Å². The number of carbonyl (C=O) groups excluding carboxylic acids is 1. The van der Waals surface area contributed by atoms with E-state index >= 15 is 0 Å². The quantitative estimate of drug-likeness (QED) is 0.766. The Morgan fingerprint density at radius 2 is 1.96 bits per heavy atom. The molecule has 1 amide bonds. The fraction of sp³-hybridized carbons (Fsp3) is 0.111. The van der Waals surface area contributed by atoms with Crippen LogP contribution >= 0.6 is 11.6 Å². The van der Waals surface area contributed by atoms with Gasteiger partial charge in [0.05, 0.1) is 18.8 Å². The fourth-order valence-electron chi connectivity index (χ4n) is 2.98. The molecular formula is C18H14ClN3O2. The van der Waals surface area contributed by atoms with Crippen LogP contribution < -0.4 is 10.1 Å². The third-order valence-electron chi connectivity index (χ3n) is 4.14. The van der Waals surface area contributed by atoms with Gasteiger partial charge in [-0.3, -0.25) is 9.89 Å². The van der Waals surface area contributed by atoms with Crippen molar-refractivity contribution >= 4 is 17.5 Å². The molecule has 0 spiro atoms. The lowest BCUT2D eigenvalue weighted by molar-refractivity contribution is 0.0955. The van der Waals surface area contributed by atoms with E-state index in [2.05, 4.69) is 15.5 Å². The van der Waals surface area contributed by atoms with Crippen molar-refractivity contribution < 1.29 is 9.53 Å². The van der Waals surface area contributed by atoms with Gasteiger partial charge in [0, 0.05) is 16.1 Å². The topological polar surface area (TPSA) is 67.0 Å². The lowest BCUT2D eigenvalue weighted by Gasteiger charge is -2.13. The van der Waals surface area contributed by atoms with Crippen molar-refractivity contribution in [3.63, 3.8) is 0 Å². The summed E-state index contributed by atoms with van der Waals surface area (Å²) in [4.78, 5) is 12.3. The van der Waals surface area contributed by atoms with Crippen molar-refractivity contribution in [2.45, 2.75) is 6.04 Å². The predicted molar refractivity (Wildman–Crippen MR) is 91.3 cm³/mol. The number of aromatic amines is 1. The minimum atomic E-state index is -0.260. The van der Waals surface area contributed by atoms with Crippen LogP contribution in [-0.2, 0) is 0 Å². The predicted octanol–water partition coefficient (Wildman–Crippen LogP) is 3.57. The number of hydrogen-bond acceptors (Lipinski definition) is 3. The monoisotopic (exact) mass is 339 g/mol. The van der Waals surface area contributed by atoms with E-state index in [0.717, 1.165) is 28.1 Å². The van der Waals surface area contributed by atoms with E-state index in [-0.39, 0.29) is 11.9 Å². The minimum Gasteiger partial charge on any atom is -0.497 e. The normalized spacial score (nSPS) is 15.9. The molecule has 4 rings (SSSR count). The zero-order valence-corrected chi connectivity index (χ0v) is 13.6. The fourth-order valence-corrected chi connectivity index (χ4v) is 3.10. The standard InChI is InChI=1S/C18H14ClN3O2/c1-24-13-4-2-3-11(9-13)16-14-15(10-5-7-12(19)8-6-10)20-18(23)17(14)22-21-16/h2-9,15H,1H3,(H,20,23)(H,21,22)/t15-/m1/s1. The number of aromatic nitrogens is 2. The first kappa shape index (κ1) is 14.8. The van der Waals surface area contributed by atoms with Gasteiger partial charge in [0.25, 0.3) is 5.91 Å². The molecular weight excluding hydrogens is 326 g/mol. The molecule has 24 heavy (non-hydrogen) atoms. The van der Waals surface area contributed by atoms with Gasteiger partial charge >= 0.3 is 0 Å². The molecule has 1 atom stereocenters. The Balaban J connectivity index is 1.84. The molecule has 2 aromatic carbocycles. The number of nitrogens with one attached hydrogen (secondary N) is 2. The molecule has 3 aromatic rings. The molecule has 120 valence electrons. The first-order chi connectivity index (χ1) is 11.7. The summed E-state index contributed by atoms with van der Waals surface area (Å²) in [6.07, 6.45) is 0. The third-order valence-corrected chi connectivity index (χ3v) is 4.39. The lowest BCUT2D eigenvalue weighted by atomic mass is 9.97. The van der Waals surface area contributed by atoms with E-state index in [9.17, 15) is 4.79 Å². The van der Waals surface area contributed by atoms with Crippen molar-refractivity contribution in [1.29, 1.82) is 0 Å². The summed E-state index contributed by atoms with van der Waals surface area (Å²) in [6.45, 7) is 0. The maximum absolute atomic E-state index is 12.3. The number of H-pyrrole nitrogens is 1. The van der Waals surface area contributed by atoms with E-state index in [1.165, 1.54) is 0 Å². The molecule has 2 N–H and O–H groups in total. The average molecular weight is 340 g/mol. The number of amides is 1. The van der Waals surface area contributed by atoms with Crippen LogP contribution in [0.3, 0.4) is 0 Å². The third kappa shape index (κ3) is 2.34. The summed E-state index contributed by atoms with van der Waals surface area (Å²) >= 11 is 5.97. The van der Waals surface area contributed by atoms with Crippen LogP contribution in [0.1, 0.15) is 27.7 Å². The highest BCUT2D eigenvalue weighted by Crippen LogP contribution is 2.37. The summed E-state index contributed by atoms with van der Waals surface area (Å²) in [5.41, 5.74) is 3.92. The molecule has 0 saturated carbocycles. The number of hydrogen-bond donors (Lipinski definition) is 2. The molecule has 0 fully saturated rings. The van der Waals surface area contributed by atoms with Crippen LogP contribution in [0, 0.1) is 0 Å². The summed E-state index contributed by atoms with van der Waals surface area (Å²) in [5, 5.41) is 10.9. The van der Waals surface area contributed by atoms with Gasteiger partial charge in [-0.1, -0.05) is 35.9 Å². The Hall–Kier alpha value is -2.79. The second kappa shape index (κ2) is 5.69. The van der Waals surface area contributed by atoms with Gasteiger partial charge in [0.15, 0.2) is 0 Å². The van der Waals surface area contributed by atoms with Gasteiger partial charge in [-0.05, 0) is 29.8 Å². The van der Waals surface area contributed by atoms with E-state index in [1.807, 2.05) is 48.5 Å². The maximum atomic E-state index is 12.3. The van der Waals surface area contributed by atoms with Crippen LogP contribution in [0.15, 0.2) is 48.5 Å². The number of nitrogens with zero attached hydrogens (tertiary/aromatic N) is 1. The second-order valence-corrected chi connectivity index (χ2v) is 5.99. The van der Waals surface area contributed by atoms with Gasteiger partial charge in [0.2, 0.25) is 0 Å². The van der Waals surface area contributed by atoms with Crippen molar-refractivity contribution in [3.05, 3.63) is 70.4 Å². The number of rotatable bonds is 3. The molecule has 0 unspecified atom stereocenters. The largest absolute Gasteiger partial charge is 0.497 e. The van der Waals surface area contributed by atoms with Crippen molar-refractivity contribution in [3.8, 4) is 17.0 Å². The number of fused-ring (bicyclic) bond motifs is 1. The SMILES string of the molecule is COc1cccc(-c2n[nH]c3c2[C@@H](c2ccc(Cl)cc2)NC3=O)c1. The van der Waals surface area contributed by atoms with Gasteiger partial charge in [-0.2, -0.15) is 5.10 Å². The second-order valence-electron chi connectivity index (χ2n) is 5.55. The smallest absolute Gasteiger partial charge is 0.270 e. The van der Waals surface area contributed by atoms with Crippen LogP contribution in [0.2, 0.25) is 5.02 Å². The number of benzene rings is 2. The van der Waals surface area contributed by atoms with E-state index < -0.39 is 0 Å². The summed E-state index contributed by atoms with van der Waals surface area (Å²) in [6, 6.07) is 14.8. The lowest BCUT2D eigenvalue weighted by Crippen LogP contribution is -2.21. The van der Waals surface area contributed by atoms with E-state index in [4.69, 9.17) is 16.3 Å². The number of halogens is 1. The summed E-state index contributed by atoms with van der Waals surface area (Å²) in [7, 11) is 1.62. The molecule has 0 radical (unpaired) electrons. The molecule has 0 aliphatic carbocycles. The Bertz CT molecular complexity index is 918. The van der Waals surface area contributed by atoms with Crippen molar-refractivity contribution in [2.75, 3.05) is 7.11 Å². The Morgan fingerprint density at radius 1 is 1.17 bits per heavy atom. The zero-order chi connectivity index (χ0) is 16.7. The first-order valence-corrected chi connectivity index (χ1v) is 7.84. The molecule has 6 heteroatoms. The van der Waals surface area contributed by atoms with Gasteiger partial charge < -0.3 is 10.1 Å². The van der Waals surface area contributed by atoms with E-state index in [1.54, 1.807) is 7.11 Å². The van der Waals surface area contributed by atoms with Crippen LogP contribution in [0.5, 0.6) is 5.75 Å². The highest BCUT2D eigenvalue weighted by Gasteiger charge is 2.35. The molecule has 1 aliphatic heterocycles. The molecule has 5 nitrogen and oxygen atoms in total. The van der Waals surface area contributed by atoms with Gasteiger partial charge in [0.1, 0.15) is 11.4 Å². The van der Waals surface area contributed by atoms with Crippen LogP contribution in [0.4, 0.5) is 0 Å². The summed E-state index contributed by atoms with van der Waals surface area (Å²) in [5.74, 6) is 0.580. The minimum absolute atomic E-state index is 0.161. The zero-order valence-electron chi connectivity index (χ0n) is 12.8.